The molecule has 0 heterocycles. The predicted molar refractivity (Wildman–Crippen MR) is 148 cm³/mol. The van der Waals surface area contributed by atoms with Crippen LogP contribution in [0, 0.1) is 0 Å². The lowest BCUT2D eigenvalue weighted by Gasteiger charge is -2.42. The molecule has 0 bridgehead atoms. The fourth-order valence-corrected chi connectivity index (χ4v) is 5.58. The van der Waals surface area contributed by atoms with Gasteiger partial charge in [-0.3, -0.25) is 0 Å². The van der Waals surface area contributed by atoms with Crippen LogP contribution in [0.3, 0.4) is 0 Å². The van der Waals surface area contributed by atoms with Crippen molar-refractivity contribution >= 4 is 0 Å². The van der Waals surface area contributed by atoms with Gasteiger partial charge in [0, 0.05) is 5.92 Å². The summed E-state index contributed by atoms with van der Waals surface area (Å²) < 4.78 is 16.5. The maximum absolute atomic E-state index is 16.5. The third-order valence-corrected chi connectivity index (χ3v) is 7.87. The van der Waals surface area contributed by atoms with Gasteiger partial charge in [0.05, 0.1) is 5.41 Å². The Morgan fingerprint density at radius 3 is 1.80 bits per heavy atom. The lowest BCUT2D eigenvalue weighted by Crippen LogP contribution is -2.41. The maximum atomic E-state index is 16.5. The second kappa shape index (κ2) is 11.2. The minimum absolute atomic E-state index is 0.00624. The second-order valence-corrected chi connectivity index (χ2v) is 10.1. The summed E-state index contributed by atoms with van der Waals surface area (Å²) in [5.74, 6) is 0.144. The molecule has 0 amide bonds. The van der Waals surface area contributed by atoms with E-state index in [2.05, 4.69) is 101 Å². The molecular formula is C34H39F. The molecule has 0 fully saturated rings. The molecule has 0 saturated heterocycles. The van der Waals surface area contributed by atoms with Crippen molar-refractivity contribution in [2.24, 2.45) is 0 Å². The van der Waals surface area contributed by atoms with E-state index in [1.54, 1.807) is 0 Å². The molecule has 4 atom stereocenters. The van der Waals surface area contributed by atoms with Crippen LogP contribution >= 0.6 is 0 Å². The van der Waals surface area contributed by atoms with Crippen LogP contribution in [0.1, 0.15) is 80.2 Å². The van der Waals surface area contributed by atoms with Gasteiger partial charge in [-0.2, -0.15) is 0 Å². The number of alkyl halides is 1. The van der Waals surface area contributed by atoms with Crippen LogP contribution in [0.25, 0.3) is 0 Å². The Bertz CT molecular complexity index is 1140. The first-order valence-electron chi connectivity index (χ1n) is 13.3. The molecule has 0 spiro atoms. The number of benzene rings is 3. The van der Waals surface area contributed by atoms with E-state index >= 15 is 4.39 Å². The molecule has 3 aromatic rings. The highest BCUT2D eigenvalue weighted by molar-refractivity contribution is 5.49. The van der Waals surface area contributed by atoms with Crippen LogP contribution in [0.4, 0.5) is 4.39 Å². The first-order valence-corrected chi connectivity index (χ1v) is 13.3. The summed E-state index contributed by atoms with van der Waals surface area (Å²) in [5, 5.41) is 0. The number of halogens is 1. The molecule has 0 aliphatic heterocycles. The van der Waals surface area contributed by atoms with Crippen LogP contribution in [-0.2, 0) is 18.3 Å². The normalized spacial score (nSPS) is 21.4. The van der Waals surface area contributed by atoms with Gasteiger partial charge in [-0.15, -0.1) is 0 Å². The van der Waals surface area contributed by atoms with Crippen LogP contribution in [0.5, 0.6) is 0 Å². The molecule has 0 N–H and O–H groups in total. The molecule has 0 saturated carbocycles. The molecule has 0 aromatic heterocycles. The van der Waals surface area contributed by atoms with Crippen molar-refractivity contribution in [3.05, 3.63) is 130 Å². The number of hydrogen-bond acceptors (Lipinski definition) is 0. The SMILES string of the molecule is CCCc1ccc(C(C)C2=CC(F)C(c3ccccc3)(C(C)c3ccc(CCC)cc3)C=C2)cc1. The summed E-state index contributed by atoms with van der Waals surface area (Å²) in [6, 6.07) is 27.9. The van der Waals surface area contributed by atoms with Crippen molar-refractivity contribution < 1.29 is 4.39 Å². The van der Waals surface area contributed by atoms with E-state index in [1.807, 2.05) is 24.3 Å². The average molecular weight is 467 g/mol. The monoisotopic (exact) mass is 466 g/mol. The van der Waals surface area contributed by atoms with Gasteiger partial charge in [0.25, 0.3) is 0 Å². The van der Waals surface area contributed by atoms with E-state index in [1.165, 1.54) is 22.3 Å². The van der Waals surface area contributed by atoms with Gasteiger partial charge in [0.2, 0.25) is 0 Å². The molecular weight excluding hydrogens is 427 g/mol. The average Bonchev–Trinajstić information content (AvgIpc) is 2.90. The van der Waals surface area contributed by atoms with Crippen LogP contribution < -0.4 is 0 Å². The van der Waals surface area contributed by atoms with Gasteiger partial charge < -0.3 is 0 Å². The highest BCUT2D eigenvalue weighted by Crippen LogP contribution is 2.48. The van der Waals surface area contributed by atoms with Gasteiger partial charge in [-0.1, -0.05) is 132 Å². The Morgan fingerprint density at radius 1 is 0.743 bits per heavy atom. The zero-order chi connectivity index (χ0) is 24.8. The Morgan fingerprint density at radius 2 is 1.29 bits per heavy atom. The van der Waals surface area contributed by atoms with E-state index in [-0.39, 0.29) is 11.8 Å². The summed E-state index contributed by atoms with van der Waals surface area (Å²) in [5.41, 5.74) is 6.47. The second-order valence-electron chi connectivity index (χ2n) is 10.1. The van der Waals surface area contributed by atoms with Crippen LogP contribution in [-0.4, -0.2) is 6.17 Å². The van der Waals surface area contributed by atoms with E-state index in [4.69, 9.17) is 0 Å². The van der Waals surface area contributed by atoms with Gasteiger partial charge in [0.15, 0.2) is 0 Å². The van der Waals surface area contributed by atoms with Crippen LogP contribution in [0.2, 0.25) is 0 Å². The molecule has 35 heavy (non-hydrogen) atoms. The number of allylic oxidation sites excluding steroid dienone is 4. The van der Waals surface area contributed by atoms with Crippen molar-refractivity contribution in [1.82, 2.24) is 0 Å². The fourth-order valence-electron chi connectivity index (χ4n) is 5.58. The van der Waals surface area contributed by atoms with Crippen LogP contribution in [0.15, 0.2) is 103 Å². The third-order valence-electron chi connectivity index (χ3n) is 7.87. The topological polar surface area (TPSA) is 0 Å². The fraction of sp³-hybridized carbons (Fsp3) is 0.353. The molecule has 4 unspecified atom stereocenters. The Kier molecular flexibility index (Phi) is 8.06. The highest BCUT2D eigenvalue weighted by atomic mass is 19.1. The van der Waals surface area contributed by atoms with E-state index in [0.29, 0.717) is 0 Å². The zero-order valence-electron chi connectivity index (χ0n) is 21.7. The number of rotatable bonds is 9. The lowest BCUT2D eigenvalue weighted by atomic mass is 9.62. The minimum atomic E-state index is -1.11. The van der Waals surface area contributed by atoms with Crippen molar-refractivity contribution in [3.63, 3.8) is 0 Å². The standard InChI is InChI=1S/C34H39F/c1-5-10-27-14-18-29(19-15-27)25(3)31-22-23-34(33(35)24-31,32-12-8-7-9-13-32)26(4)30-20-16-28(11-6-2)17-21-30/h7-9,12-26,33H,5-6,10-11H2,1-4H3. The van der Waals surface area contributed by atoms with E-state index in [9.17, 15) is 0 Å². The molecule has 0 nitrogen and oxygen atoms in total. The van der Waals surface area contributed by atoms with Gasteiger partial charge in [0.1, 0.15) is 6.17 Å². The summed E-state index contributed by atoms with van der Waals surface area (Å²) in [4.78, 5) is 0. The number of aryl methyl sites for hydroxylation is 2. The quantitative estimate of drug-likeness (QED) is 0.295. The third kappa shape index (κ3) is 5.20. The Hall–Kier alpha value is -2.93. The first kappa shape index (κ1) is 25.2. The zero-order valence-corrected chi connectivity index (χ0v) is 21.7. The van der Waals surface area contributed by atoms with Crippen molar-refractivity contribution in [2.75, 3.05) is 0 Å². The predicted octanol–water partition coefficient (Wildman–Crippen LogP) is 9.27. The summed E-state index contributed by atoms with van der Waals surface area (Å²) in [6.45, 7) is 8.76. The molecule has 1 heteroatoms. The smallest absolute Gasteiger partial charge is 0.132 e. The minimum Gasteiger partial charge on any atom is -0.242 e. The molecule has 3 aromatic carbocycles. The van der Waals surface area contributed by atoms with Crippen molar-refractivity contribution in [1.29, 1.82) is 0 Å². The van der Waals surface area contributed by atoms with Gasteiger partial charge >= 0.3 is 0 Å². The summed E-state index contributed by atoms with van der Waals surface area (Å²) in [6.07, 6.45) is 9.54. The largest absolute Gasteiger partial charge is 0.242 e. The van der Waals surface area contributed by atoms with Crippen molar-refractivity contribution in [2.45, 2.75) is 76.8 Å². The molecule has 0 radical (unpaired) electrons. The molecule has 4 rings (SSSR count). The summed E-state index contributed by atoms with van der Waals surface area (Å²) >= 11 is 0. The Balaban J connectivity index is 1.67. The molecule has 1 aliphatic rings. The van der Waals surface area contributed by atoms with Gasteiger partial charge in [-0.25, -0.2) is 4.39 Å². The lowest BCUT2D eigenvalue weighted by molar-refractivity contribution is 0.243. The number of hydrogen-bond donors (Lipinski definition) is 0. The van der Waals surface area contributed by atoms with Crippen molar-refractivity contribution in [3.8, 4) is 0 Å². The Labute approximate surface area is 211 Å². The summed E-state index contributed by atoms with van der Waals surface area (Å²) in [7, 11) is 0. The highest BCUT2D eigenvalue weighted by Gasteiger charge is 2.45. The molecule has 1 aliphatic carbocycles. The van der Waals surface area contributed by atoms with E-state index < -0.39 is 11.6 Å². The van der Waals surface area contributed by atoms with E-state index in [0.717, 1.165) is 36.8 Å². The maximum Gasteiger partial charge on any atom is 0.132 e. The molecule has 182 valence electrons. The van der Waals surface area contributed by atoms with Gasteiger partial charge in [-0.05, 0) is 58.2 Å². The first-order chi connectivity index (χ1) is 17.0.